The largest absolute Gasteiger partial charge is 0.486 e. The standard InChI is InChI=1S/C59H45BN2O2S2/c1-36-29-49-56-50(30-36)62(57-44(37-13-6-5-7-14-37)23-26-51-58(57)64-28-27-63-51)47-25-22-42(59(2,3)4)35-46(47)60(56)45-24-21-41(55-34-40-16-9-11-20-53(40)66-55)32-48(45)61(49)43-18-12-17-38(31-43)54-33-39-15-8-10-19-52(39)65-54/h5-26,29-35H,27-28H2,1-4H3. The zero-order valence-corrected chi connectivity index (χ0v) is 38.9. The molecule has 8 aromatic carbocycles. The van der Waals surface area contributed by atoms with E-state index in [4.69, 9.17) is 9.47 Å². The summed E-state index contributed by atoms with van der Waals surface area (Å²) in [6, 6.07) is 65.6. The summed E-state index contributed by atoms with van der Waals surface area (Å²) in [7, 11) is 0. The fraction of sp³-hybridized carbons (Fsp3) is 0.119. The Bertz CT molecular complexity index is 3520. The highest BCUT2D eigenvalue weighted by molar-refractivity contribution is 7.22. The quantitative estimate of drug-likeness (QED) is 0.161. The van der Waals surface area contributed by atoms with E-state index in [9.17, 15) is 0 Å². The predicted molar refractivity (Wildman–Crippen MR) is 282 cm³/mol. The number of rotatable bonds is 5. The van der Waals surface area contributed by atoms with E-state index in [2.05, 4.69) is 213 Å². The number of hydrogen-bond donors (Lipinski definition) is 0. The van der Waals surface area contributed by atoms with Crippen LogP contribution in [0.3, 0.4) is 0 Å². The molecule has 0 bridgehead atoms. The van der Waals surface area contributed by atoms with Crippen molar-refractivity contribution in [2.45, 2.75) is 33.1 Å². The highest BCUT2D eigenvalue weighted by Gasteiger charge is 2.45. The van der Waals surface area contributed by atoms with Gasteiger partial charge in [-0.15, -0.1) is 22.7 Å². The summed E-state index contributed by atoms with van der Waals surface area (Å²) in [6.45, 7) is 10.2. The maximum atomic E-state index is 6.73. The Morgan fingerprint density at radius 3 is 1.91 bits per heavy atom. The van der Waals surface area contributed by atoms with Crippen LogP contribution < -0.4 is 35.7 Å². The Labute approximate surface area is 394 Å². The van der Waals surface area contributed by atoms with Crippen molar-refractivity contribution in [2.24, 2.45) is 0 Å². The molecule has 5 heterocycles. The van der Waals surface area contributed by atoms with E-state index in [1.807, 2.05) is 22.7 Å². The molecule has 10 aromatic rings. The molecule has 66 heavy (non-hydrogen) atoms. The normalized spacial score (nSPS) is 13.8. The zero-order chi connectivity index (χ0) is 44.3. The molecular formula is C59H45BN2O2S2. The lowest BCUT2D eigenvalue weighted by Crippen LogP contribution is -2.61. The van der Waals surface area contributed by atoms with Gasteiger partial charge in [0.2, 0.25) is 0 Å². The van der Waals surface area contributed by atoms with Gasteiger partial charge < -0.3 is 19.3 Å². The van der Waals surface area contributed by atoms with Crippen LogP contribution in [-0.4, -0.2) is 19.9 Å². The van der Waals surface area contributed by atoms with Gasteiger partial charge in [0.1, 0.15) is 18.9 Å². The molecule has 0 unspecified atom stereocenters. The fourth-order valence-corrected chi connectivity index (χ4v) is 12.6. The average Bonchev–Trinajstić information content (AvgIpc) is 3.99. The third-order valence-electron chi connectivity index (χ3n) is 13.6. The smallest absolute Gasteiger partial charge is 0.252 e. The van der Waals surface area contributed by atoms with E-state index < -0.39 is 0 Å². The van der Waals surface area contributed by atoms with Crippen LogP contribution in [0.15, 0.2) is 176 Å². The van der Waals surface area contributed by atoms with E-state index in [0.717, 1.165) is 45.4 Å². The lowest BCUT2D eigenvalue weighted by molar-refractivity contribution is 0.172. The molecule has 0 amide bonds. The highest BCUT2D eigenvalue weighted by Crippen LogP contribution is 2.54. The molecular weight excluding hydrogens is 844 g/mol. The summed E-state index contributed by atoms with van der Waals surface area (Å²) < 4.78 is 15.7. The minimum absolute atomic E-state index is 0.0467. The van der Waals surface area contributed by atoms with Crippen LogP contribution in [0.5, 0.6) is 11.5 Å². The third kappa shape index (κ3) is 6.24. The molecule has 0 N–H and O–H groups in total. The van der Waals surface area contributed by atoms with Gasteiger partial charge in [-0.05, 0) is 140 Å². The lowest BCUT2D eigenvalue weighted by Gasteiger charge is -2.45. The van der Waals surface area contributed by atoms with Crippen molar-refractivity contribution in [3.8, 4) is 43.5 Å². The molecule has 0 spiro atoms. The van der Waals surface area contributed by atoms with Crippen molar-refractivity contribution in [3.63, 3.8) is 0 Å². The summed E-state index contributed by atoms with van der Waals surface area (Å²) >= 11 is 3.72. The van der Waals surface area contributed by atoms with Gasteiger partial charge in [0, 0.05) is 53.2 Å². The Hall–Kier alpha value is -7.06. The molecule has 13 rings (SSSR count). The van der Waals surface area contributed by atoms with Crippen LogP contribution in [0, 0.1) is 6.92 Å². The van der Waals surface area contributed by atoms with Gasteiger partial charge in [0.05, 0.1) is 0 Å². The summed E-state index contributed by atoms with van der Waals surface area (Å²) in [4.78, 5) is 7.59. The van der Waals surface area contributed by atoms with E-state index >= 15 is 0 Å². The summed E-state index contributed by atoms with van der Waals surface area (Å²) in [5.74, 6) is 1.55. The monoisotopic (exact) mass is 888 g/mol. The molecule has 0 atom stereocenters. The molecule has 3 aliphatic rings. The van der Waals surface area contributed by atoms with Gasteiger partial charge in [0.15, 0.2) is 11.5 Å². The summed E-state index contributed by atoms with van der Waals surface area (Å²) in [5.41, 5.74) is 17.7. The summed E-state index contributed by atoms with van der Waals surface area (Å²) in [5, 5.41) is 2.55. The third-order valence-corrected chi connectivity index (χ3v) is 15.9. The Morgan fingerprint density at radius 2 is 1.18 bits per heavy atom. The predicted octanol–water partition coefficient (Wildman–Crippen LogP) is 14.6. The van der Waals surface area contributed by atoms with Crippen molar-refractivity contribution in [1.82, 2.24) is 0 Å². The second-order valence-electron chi connectivity index (χ2n) is 18.8. The van der Waals surface area contributed by atoms with Crippen LogP contribution in [-0.2, 0) is 5.41 Å². The van der Waals surface area contributed by atoms with Crippen molar-refractivity contribution in [3.05, 3.63) is 187 Å². The van der Waals surface area contributed by atoms with Gasteiger partial charge in [-0.3, -0.25) is 0 Å². The van der Waals surface area contributed by atoms with Gasteiger partial charge in [0.25, 0.3) is 6.71 Å². The molecule has 3 aliphatic heterocycles. The second kappa shape index (κ2) is 15.0. The number of hydrogen-bond acceptors (Lipinski definition) is 6. The average molecular weight is 889 g/mol. The topological polar surface area (TPSA) is 24.9 Å². The number of benzene rings is 8. The Morgan fingerprint density at radius 1 is 0.515 bits per heavy atom. The first-order chi connectivity index (χ1) is 32.2. The van der Waals surface area contributed by atoms with Crippen LogP contribution in [0.4, 0.5) is 34.1 Å². The van der Waals surface area contributed by atoms with Crippen molar-refractivity contribution < 1.29 is 9.47 Å². The highest BCUT2D eigenvalue weighted by atomic mass is 32.1. The molecule has 0 saturated heterocycles. The van der Waals surface area contributed by atoms with Gasteiger partial charge >= 0.3 is 0 Å². The first kappa shape index (κ1) is 39.3. The number of thiophene rings is 2. The number of aryl methyl sites for hydroxylation is 1. The maximum absolute atomic E-state index is 6.73. The molecule has 2 aromatic heterocycles. The maximum Gasteiger partial charge on any atom is 0.252 e. The minimum atomic E-state index is -0.0735. The minimum Gasteiger partial charge on any atom is -0.486 e. The molecule has 0 aliphatic carbocycles. The van der Waals surface area contributed by atoms with Gasteiger partial charge in [-0.2, -0.15) is 0 Å². The van der Waals surface area contributed by atoms with E-state index in [-0.39, 0.29) is 12.1 Å². The SMILES string of the molecule is Cc1cc2c3c(c1)N(c1c(-c4ccccc4)ccc4c1OCCO4)c1ccc(C(C)(C)C)cc1B3c1ccc(-c3cc4ccccc4s3)cc1N2c1cccc(-c2cc3ccccc3s2)c1. The molecule has 318 valence electrons. The summed E-state index contributed by atoms with van der Waals surface area (Å²) in [6.07, 6.45) is 0. The van der Waals surface area contributed by atoms with Crippen LogP contribution >= 0.6 is 22.7 Å². The first-order valence-corrected chi connectivity index (χ1v) is 24.5. The van der Waals surface area contributed by atoms with Crippen molar-refractivity contribution >= 4 is 100 Å². The zero-order valence-electron chi connectivity index (χ0n) is 37.3. The van der Waals surface area contributed by atoms with Crippen LogP contribution in [0.25, 0.3) is 52.2 Å². The number of nitrogens with zero attached hydrogens (tertiary/aromatic N) is 2. The van der Waals surface area contributed by atoms with Crippen LogP contribution in [0.2, 0.25) is 0 Å². The van der Waals surface area contributed by atoms with E-state index in [1.165, 1.54) is 79.9 Å². The number of anilines is 6. The van der Waals surface area contributed by atoms with E-state index in [0.29, 0.717) is 13.2 Å². The molecule has 0 fully saturated rings. The lowest BCUT2D eigenvalue weighted by atomic mass is 9.33. The Kier molecular flexibility index (Phi) is 8.93. The van der Waals surface area contributed by atoms with Crippen molar-refractivity contribution in [2.75, 3.05) is 23.0 Å². The molecule has 4 nitrogen and oxygen atoms in total. The number of fused-ring (bicyclic) bond motifs is 7. The van der Waals surface area contributed by atoms with Gasteiger partial charge in [-0.1, -0.05) is 124 Å². The van der Waals surface area contributed by atoms with Gasteiger partial charge in [-0.25, -0.2) is 0 Å². The molecule has 7 heteroatoms. The second-order valence-corrected chi connectivity index (χ2v) is 21.0. The molecule has 0 radical (unpaired) electrons. The number of ether oxygens (including phenoxy) is 2. The fourth-order valence-electron chi connectivity index (χ4n) is 10.5. The van der Waals surface area contributed by atoms with E-state index in [1.54, 1.807) is 0 Å². The Balaban J connectivity index is 1.11. The van der Waals surface area contributed by atoms with Crippen molar-refractivity contribution in [1.29, 1.82) is 0 Å². The first-order valence-electron chi connectivity index (χ1n) is 22.8. The molecule has 0 saturated carbocycles. The van der Waals surface area contributed by atoms with Crippen LogP contribution in [0.1, 0.15) is 31.9 Å².